The highest BCUT2D eigenvalue weighted by molar-refractivity contribution is 7.09. The second-order valence-electron chi connectivity index (χ2n) is 5.31. The van der Waals surface area contributed by atoms with E-state index in [0.29, 0.717) is 6.54 Å². The molecule has 23 heavy (non-hydrogen) atoms. The van der Waals surface area contributed by atoms with Gasteiger partial charge in [0.05, 0.1) is 23.9 Å². The lowest BCUT2D eigenvalue weighted by Crippen LogP contribution is -2.25. The summed E-state index contributed by atoms with van der Waals surface area (Å²) in [5, 5.41) is 6.72. The van der Waals surface area contributed by atoms with E-state index in [-0.39, 0.29) is 6.04 Å². The Hall–Kier alpha value is -2.18. The second kappa shape index (κ2) is 6.93. The Bertz CT molecular complexity index is 780. The van der Waals surface area contributed by atoms with E-state index in [0.717, 1.165) is 27.8 Å². The first-order valence-corrected chi connectivity index (χ1v) is 8.31. The third kappa shape index (κ3) is 3.43. The van der Waals surface area contributed by atoms with Gasteiger partial charge in [-0.15, -0.1) is 11.3 Å². The SMILES string of the molecule is COc1ccccc1[C@@H](NCc1csc(C)n1)c1nccn1C. The van der Waals surface area contributed by atoms with Crippen LogP contribution in [0.2, 0.25) is 0 Å². The fourth-order valence-corrected chi connectivity index (χ4v) is 3.21. The van der Waals surface area contributed by atoms with Gasteiger partial charge in [0.25, 0.3) is 0 Å². The van der Waals surface area contributed by atoms with Crippen LogP contribution in [0.15, 0.2) is 42.0 Å². The van der Waals surface area contributed by atoms with Gasteiger partial charge in [-0.25, -0.2) is 9.97 Å². The van der Waals surface area contributed by atoms with E-state index < -0.39 is 0 Å². The zero-order valence-corrected chi connectivity index (χ0v) is 14.3. The van der Waals surface area contributed by atoms with Crippen molar-refractivity contribution in [1.82, 2.24) is 19.9 Å². The number of benzene rings is 1. The lowest BCUT2D eigenvalue weighted by molar-refractivity contribution is 0.401. The summed E-state index contributed by atoms with van der Waals surface area (Å²) in [6, 6.07) is 7.97. The molecule has 0 aliphatic rings. The molecule has 0 radical (unpaired) electrons. The van der Waals surface area contributed by atoms with Crippen molar-refractivity contribution in [3.63, 3.8) is 0 Å². The van der Waals surface area contributed by atoms with Crippen LogP contribution >= 0.6 is 11.3 Å². The monoisotopic (exact) mass is 328 g/mol. The molecule has 1 N–H and O–H groups in total. The molecule has 0 bridgehead atoms. The van der Waals surface area contributed by atoms with E-state index in [9.17, 15) is 0 Å². The number of imidazole rings is 1. The first-order valence-electron chi connectivity index (χ1n) is 7.43. The number of para-hydroxylation sites is 1. The fraction of sp³-hybridized carbons (Fsp3) is 0.294. The number of nitrogens with one attached hydrogen (secondary N) is 1. The maximum atomic E-state index is 5.53. The number of thiazole rings is 1. The van der Waals surface area contributed by atoms with Crippen molar-refractivity contribution in [1.29, 1.82) is 0 Å². The molecule has 0 amide bonds. The summed E-state index contributed by atoms with van der Waals surface area (Å²) < 4.78 is 7.55. The average Bonchev–Trinajstić information content (AvgIpc) is 3.17. The third-order valence-corrected chi connectivity index (χ3v) is 4.54. The number of methoxy groups -OCH3 is 1. The van der Waals surface area contributed by atoms with Gasteiger partial charge in [0.1, 0.15) is 11.6 Å². The van der Waals surface area contributed by atoms with Gasteiger partial charge >= 0.3 is 0 Å². The molecule has 2 aromatic heterocycles. The average molecular weight is 328 g/mol. The topological polar surface area (TPSA) is 52.0 Å². The summed E-state index contributed by atoms with van der Waals surface area (Å²) in [7, 11) is 3.69. The molecule has 1 aromatic carbocycles. The summed E-state index contributed by atoms with van der Waals surface area (Å²) in [5.41, 5.74) is 2.11. The molecule has 2 heterocycles. The molecule has 0 fully saturated rings. The number of nitrogens with zero attached hydrogens (tertiary/aromatic N) is 3. The number of aromatic nitrogens is 3. The Morgan fingerprint density at radius 3 is 2.83 bits per heavy atom. The predicted octanol–water partition coefficient (Wildman–Crippen LogP) is 3.07. The van der Waals surface area contributed by atoms with Gasteiger partial charge in [-0.05, 0) is 13.0 Å². The van der Waals surface area contributed by atoms with Crippen LogP contribution in [0.25, 0.3) is 0 Å². The minimum Gasteiger partial charge on any atom is -0.496 e. The first kappa shape index (κ1) is 15.7. The van der Waals surface area contributed by atoms with Crippen LogP contribution in [0.4, 0.5) is 0 Å². The lowest BCUT2D eigenvalue weighted by atomic mass is 10.0. The Labute approximate surface area is 140 Å². The Morgan fingerprint density at radius 1 is 1.35 bits per heavy atom. The maximum absolute atomic E-state index is 5.53. The molecule has 6 heteroatoms. The van der Waals surface area contributed by atoms with Crippen LogP contribution in [-0.2, 0) is 13.6 Å². The predicted molar refractivity (Wildman–Crippen MR) is 91.7 cm³/mol. The quantitative estimate of drug-likeness (QED) is 0.755. The van der Waals surface area contributed by atoms with Crippen molar-refractivity contribution in [2.75, 3.05) is 7.11 Å². The van der Waals surface area contributed by atoms with Crippen molar-refractivity contribution < 1.29 is 4.74 Å². The highest BCUT2D eigenvalue weighted by Crippen LogP contribution is 2.29. The summed E-state index contributed by atoms with van der Waals surface area (Å²) in [6.45, 7) is 2.70. The van der Waals surface area contributed by atoms with E-state index in [1.54, 1.807) is 18.4 Å². The molecule has 1 atom stereocenters. The Balaban J connectivity index is 1.92. The van der Waals surface area contributed by atoms with Crippen molar-refractivity contribution >= 4 is 11.3 Å². The van der Waals surface area contributed by atoms with Gasteiger partial charge in [0, 0.05) is 36.9 Å². The van der Waals surface area contributed by atoms with Gasteiger partial charge < -0.3 is 9.30 Å². The molecular weight excluding hydrogens is 308 g/mol. The van der Waals surface area contributed by atoms with Crippen molar-refractivity contribution in [2.45, 2.75) is 19.5 Å². The molecule has 0 saturated carbocycles. The molecule has 0 aliphatic carbocycles. The molecule has 120 valence electrons. The number of ether oxygens (including phenoxy) is 1. The van der Waals surface area contributed by atoms with E-state index in [2.05, 4.69) is 26.7 Å². The number of aryl methyl sites for hydroxylation is 2. The van der Waals surface area contributed by atoms with E-state index in [1.165, 1.54) is 0 Å². The molecule has 3 aromatic rings. The fourth-order valence-electron chi connectivity index (χ4n) is 2.60. The van der Waals surface area contributed by atoms with Gasteiger partial charge in [-0.2, -0.15) is 0 Å². The number of hydrogen-bond donors (Lipinski definition) is 1. The van der Waals surface area contributed by atoms with Crippen molar-refractivity contribution in [3.8, 4) is 5.75 Å². The number of hydrogen-bond acceptors (Lipinski definition) is 5. The molecule has 5 nitrogen and oxygen atoms in total. The van der Waals surface area contributed by atoms with E-state index in [4.69, 9.17) is 4.74 Å². The molecule has 0 spiro atoms. The first-order chi connectivity index (χ1) is 11.2. The van der Waals surface area contributed by atoms with Crippen LogP contribution < -0.4 is 10.1 Å². The minimum atomic E-state index is -0.0619. The zero-order chi connectivity index (χ0) is 16.2. The molecule has 0 unspecified atom stereocenters. The van der Waals surface area contributed by atoms with Gasteiger partial charge in [0.15, 0.2) is 0 Å². The van der Waals surface area contributed by atoms with E-state index in [1.807, 2.05) is 49.1 Å². The second-order valence-corrected chi connectivity index (χ2v) is 6.37. The highest BCUT2D eigenvalue weighted by atomic mass is 32.1. The molecule has 3 rings (SSSR count). The summed E-state index contributed by atoms with van der Waals surface area (Å²) in [4.78, 5) is 9.03. The largest absolute Gasteiger partial charge is 0.496 e. The van der Waals surface area contributed by atoms with Gasteiger partial charge in [0.2, 0.25) is 0 Å². The molecule has 0 saturated heterocycles. The van der Waals surface area contributed by atoms with Crippen LogP contribution in [0.3, 0.4) is 0 Å². The lowest BCUT2D eigenvalue weighted by Gasteiger charge is -2.21. The summed E-state index contributed by atoms with van der Waals surface area (Å²) >= 11 is 1.66. The smallest absolute Gasteiger partial charge is 0.130 e. The van der Waals surface area contributed by atoms with Crippen molar-refractivity contribution in [2.24, 2.45) is 7.05 Å². The van der Waals surface area contributed by atoms with Gasteiger partial charge in [-0.3, -0.25) is 5.32 Å². The van der Waals surface area contributed by atoms with Crippen molar-refractivity contribution in [3.05, 3.63) is 64.1 Å². The van der Waals surface area contributed by atoms with Gasteiger partial charge in [-0.1, -0.05) is 18.2 Å². The molecule has 0 aliphatic heterocycles. The summed E-state index contributed by atoms with van der Waals surface area (Å²) in [6.07, 6.45) is 3.76. The Kier molecular flexibility index (Phi) is 4.73. The molecular formula is C17H20N4OS. The zero-order valence-electron chi connectivity index (χ0n) is 13.5. The van der Waals surface area contributed by atoms with Crippen LogP contribution in [0, 0.1) is 6.92 Å². The standard InChI is InChI=1S/C17H20N4OS/c1-12-20-13(11-23-12)10-19-16(17-18-8-9-21(17)2)14-6-4-5-7-15(14)22-3/h4-9,11,16,19H,10H2,1-3H3/t16-/m1/s1. The highest BCUT2D eigenvalue weighted by Gasteiger charge is 2.21. The Morgan fingerprint density at radius 2 is 2.17 bits per heavy atom. The maximum Gasteiger partial charge on any atom is 0.130 e. The van der Waals surface area contributed by atoms with Crippen LogP contribution in [0.1, 0.15) is 28.1 Å². The minimum absolute atomic E-state index is 0.0619. The normalized spacial score (nSPS) is 12.3. The summed E-state index contributed by atoms with van der Waals surface area (Å²) in [5.74, 6) is 1.80. The number of rotatable bonds is 6. The third-order valence-electron chi connectivity index (χ3n) is 3.72. The van der Waals surface area contributed by atoms with Crippen LogP contribution in [-0.4, -0.2) is 21.6 Å². The van der Waals surface area contributed by atoms with Crippen LogP contribution in [0.5, 0.6) is 5.75 Å². The van der Waals surface area contributed by atoms with E-state index >= 15 is 0 Å².